The van der Waals surface area contributed by atoms with Crippen molar-refractivity contribution in [2.24, 2.45) is 28.6 Å². The van der Waals surface area contributed by atoms with Gasteiger partial charge in [-0.3, -0.25) is 0 Å². The zero-order chi connectivity index (χ0) is 14.0. The van der Waals surface area contributed by atoms with Crippen LogP contribution in [-0.2, 0) is 0 Å². The SMILES string of the molecule is CCC(C)(CC(C)(C)C)C1CCC(C)CC(C)C1. The van der Waals surface area contributed by atoms with Crippen LogP contribution in [0.1, 0.15) is 87.0 Å². The van der Waals surface area contributed by atoms with Crippen molar-refractivity contribution >= 4 is 0 Å². The third kappa shape index (κ3) is 4.59. The molecule has 4 unspecified atom stereocenters. The van der Waals surface area contributed by atoms with Gasteiger partial charge < -0.3 is 0 Å². The van der Waals surface area contributed by atoms with Gasteiger partial charge in [-0.2, -0.15) is 0 Å². The van der Waals surface area contributed by atoms with Crippen LogP contribution in [0.2, 0.25) is 0 Å². The van der Waals surface area contributed by atoms with Crippen LogP contribution < -0.4 is 0 Å². The average Bonchev–Trinajstić information content (AvgIpc) is 2.37. The zero-order valence-electron chi connectivity index (χ0n) is 14.0. The van der Waals surface area contributed by atoms with Gasteiger partial charge in [0.05, 0.1) is 0 Å². The van der Waals surface area contributed by atoms with Crippen molar-refractivity contribution in [3.05, 3.63) is 0 Å². The van der Waals surface area contributed by atoms with E-state index >= 15 is 0 Å². The quantitative estimate of drug-likeness (QED) is 0.517. The lowest BCUT2D eigenvalue weighted by atomic mass is 9.63. The largest absolute Gasteiger partial charge is 0.0649 e. The van der Waals surface area contributed by atoms with Crippen LogP contribution in [0.3, 0.4) is 0 Å². The summed E-state index contributed by atoms with van der Waals surface area (Å²) in [4.78, 5) is 0. The molecule has 0 nitrogen and oxygen atoms in total. The van der Waals surface area contributed by atoms with Crippen LogP contribution in [-0.4, -0.2) is 0 Å². The Morgan fingerprint density at radius 1 is 0.889 bits per heavy atom. The van der Waals surface area contributed by atoms with E-state index in [4.69, 9.17) is 0 Å². The highest BCUT2D eigenvalue weighted by Gasteiger charge is 2.37. The minimum Gasteiger partial charge on any atom is -0.0649 e. The van der Waals surface area contributed by atoms with E-state index in [1.165, 1.54) is 38.5 Å². The van der Waals surface area contributed by atoms with Gasteiger partial charge in [-0.1, -0.05) is 61.3 Å². The first kappa shape index (κ1) is 16.1. The summed E-state index contributed by atoms with van der Waals surface area (Å²) in [6.07, 6.45) is 8.55. The lowest BCUT2D eigenvalue weighted by molar-refractivity contribution is 0.0845. The fourth-order valence-corrected chi connectivity index (χ4v) is 4.39. The Balaban J connectivity index is 2.79. The van der Waals surface area contributed by atoms with E-state index in [0.717, 1.165) is 17.8 Å². The molecular formula is C18H36. The molecule has 0 aromatic carbocycles. The summed E-state index contributed by atoms with van der Waals surface area (Å²) in [7, 11) is 0. The van der Waals surface area contributed by atoms with Gasteiger partial charge in [-0.25, -0.2) is 0 Å². The maximum Gasteiger partial charge on any atom is -0.0295 e. The van der Waals surface area contributed by atoms with Crippen LogP contribution >= 0.6 is 0 Å². The highest BCUT2D eigenvalue weighted by atomic mass is 14.4. The van der Waals surface area contributed by atoms with Crippen LogP contribution in [0.25, 0.3) is 0 Å². The smallest absolute Gasteiger partial charge is 0.0295 e. The Morgan fingerprint density at radius 3 is 2.00 bits per heavy atom. The fraction of sp³-hybridized carbons (Fsp3) is 1.00. The second-order valence-corrected chi connectivity index (χ2v) is 8.70. The molecular weight excluding hydrogens is 216 g/mol. The Hall–Kier alpha value is 0. The molecule has 0 aromatic heterocycles. The standard InChI is InChI=1S/C18H36/c1-8-18(7,13-17(4,5)6)16-10-9-14(2)11-15(3)12-16/h14-16H,8-13H2,1-7H3. The first-order valence-electron chi connectivity index (χ1n) is 8.16. The molecule has 0 aromatic rings. The highest BCUT2D eigenvalue weighted by molar-refractivity contribution is 4.88. The van der Waals surface area contributed by atoms with Gasteiger partial charge in [0.25, 0.3) is 0 Å². The molecule has 0 saturated heterocycles. The molecule has 0 heteroatoms. The zero-order valence-corrected chi connectivity index (χ0v) is 14.0. The van der Waals surface area contributed by atoms with E-state index < -0.39 is 0 Å². The van der Waals surface area contributed by atoms with Gasteiger partial charge >= 0.3 is 0 Å². The molecule has 0 aliphatic heterocycles. The fourth-order valence-electron chi connectivity index (χ4n) is 4.39. The predicted octanol–water partition coefficient (Wildman–Crippen LogP) is 6.30. The van der Waals surface area contributed by atoms with E-state index in [2.05, 4.69) is 48.5 Å². The second-order valence-electron chi connectivity index (χ2n) is 8.70. The van der Waals surface area contributed by atoms with Crippen LogP contribution in [0.5, 0.6) is 0 Å². The molecule has 0 bridgehead atoms. The summed E-state index contributed by atoms with van der Waals surface area (Å²) >= 11 is 0. The monoisotopic (exact) mass is 252 g/mol. The molecule has 18 heavy (non-hydrogen) atoms. The summed E-state index contributed by atoms with van der Waals surface area (Å²) in [5, 5.41) is 0. The van der Waals surface area contributed by atoms with Gasteiger partial charge in [-0.05, 0) is 54.3 Å². The minimum absolute atomic E-state index is 0.464. The van der Waals surface area contributed by atoms with Crippen molar-refractivity contribution in [3.63, 3.8) is 0 Å². The van der Waals surface area contributed by atoms with Gasteiger partial charge in [0.1, 0.15) is 0 Å². The van der Waals surface area contributed by atoms with Crippen LogP contribution in [0, 0.1) is 28.6 Å². The van der Waals surface area contributed by atoms with Crippen molar-refractivity contribution in [2.75, 3.05) is 0 Å². The third-order valence-corrected chi connectivity index (χ3v) is 5.23. The summed E-state index contributed by atoms with van der Waals surface area (Å²) in [6, 6.07) is 0. The molecule has 0 N–H and O–H groups in total. The molecule has 0 radical (unpaired) electrons. The van der Waals surface area contributed by atoms with Gasteiger partial charge in [0.15, 0.2) is 0 Å². The van der Waals surface area contributed by atoms with E-state index in [-0.39, 0.29) is 0 Å². The number of hydrogen-bond acceptors (Lipinski definition) is 0. The lowest BCUT2D eigenvalue weighted by Gasteiger charge is -2.42. The maximum absolute atomic E-state index is 2.56. The first-order valence-corrected chi connectivity index (χ1v) is 8.16. The van der Waals surface area contributed by atoms with Gasteiger partial charge in [0.2, 0.25) is 0 Å². The second kappa shape index (κ2) is 5.97. The van der Waals surface area contributed by atoms with Crippen molar-refractivity contribution in [2.45, 2.75) is 87.0 Å². The molecule has 0 heterocycles. The topological polar surface area (TPSA) is 0 Å². The Bertz CT molecular complexity index is 247. The Kier molecular flexibility index (Phi) is 5.32. The van der Waals surface area contributed by atoms with E-state index in [1.807, 2.05) is 0 Å². The molecule has 0 spiro atoms. The summed E-state index contributed by atoms with van der Waals surface area (Å²) < 4.78 is 0. The summed E-state index contributed by atoms with van der Waals surface area (Å²) in [5.41, 5.74) is 1.02. The molecule has 108 valence electrons. The number of hydrogen-bond donors (Lipinski definition) is 0. The number of rotatable bonds is 3. The van der Waals surface area contributed by atoms with E-state index in [9.17, 15) is 0 Å². The first-order chi connectivity index (χ1) is 8.16. The molecule has 1 rings (SSSR count). The van der Waals surface area contributed by atoms with E-state index in [1.54, 1.807) is 0 Å². The lowest BCUT2D eigenvalue weighted by Crippen LogP contribution is -2.32. The Morgan fingerprint density at radius 2 is 1.50 bits per heavy atom. The van der Waals surface area contributed by atoms with Crippen molar-refractivity contribution in [1.82, 2.24) is 0 Å². The maximum atomic E-state index is 2.56. The summed E-state index contributed by atoms with van der Waals surface area (Å²) in [5.74, 6) is 2.82. The average molecular weight is 252 g/mol. The molecule has 1 fully saturated rings. The molecule has 0 amide bonds. The molecule has 1 aliphatic carbocycles. The van der Waals surface area contributed by atoms with Crippen molar-refractivity contribution < 1.29 is 0 Å². The Labute approximate surface area is 116 Å². The highest BCUT2D eigenvalue weighted by Crippen LogP contribution is 2.48. The molecule has 1 aliphatic rings. The van der Waals surface area contributed by atoms with Crippen molar-refractivity contribution in [1.29, 1.82) is 0 Å². The normalized spacial score (nSPS) is 33.8. The third-order valence-electron chi connectivity index (χ3n) is 5.23. The van der Waals surface area contributed by atoms with Crippen molar-refractivity contribution in [3.8, 4) is 0 Å². The van der Waals surface area contributed by atoms with Crippen LogP contribution in [0.15, 0.2) is 0 Å². The van der Waals surface area contributed by atoms with E-state index in [0.29, 0.717) is 10.8 Å². The summed E-state index contributed by atoms with van der Waals surface area (Å²) in [6.45, 7) is 17.1. The minimum atomic E-state index is 0.464. The predicted molar refractivity (Wildman–Crippen MR) is 82.8 cm³/mol. The van der Waals surface area contributed by atoms with Gasteiger partial charge in [0, 0.05) is 0 Å². The van der Waals surface area contributed by atoms with Crippen LogP contribution in [0.4, 0.5) is 0 Å². The molecule has 1 saturated carbocycles. The molecule has 4 atom stereocenters. The van der Waals surface area contributed by atoms with Gasteiger partial charge in [-0.15, -0.1) is 0 Å².